The highest BCUT2D eigenvalue weighted by molar-refractivity contribution is 5.69. The fraction of sp³-hybridized carbons (Fsp3) is 0.533. The minimum absolute atomic E-state index is 0.252. The van der Waals surface area contributed by atoms with Crippen LogP contribution >= 0.6 is 0 Å². The van der Waals surface area contributed by atoms with Gasteiger partial charge in [-0.2, -0.15) is 0 Å². The number of hydrogen-bond donors (Lipinski definition) is 1. The van der Waals surface area contributed by atoms with Crippen molar-refractivity contribution in [1.82, 2.24) is 5.32 Å². The van der Waals surface area contributed by atoms with E-state index >= 15 is 0 Å². The molecule has 0 fully saturated rings. The van der Waals surface area contributed by atoms with Crippen LogP contribution in [0.1, 0.15) is 30.9 Å². The number of carbonyl (C=O) groups excluding carboxylic acids is 1. The summed E-state index contributed by atoms with van der Waals surface area (Å²) >= 11 is 0. The Morgan fingerprint density at radius 1 is 1.37 bits per heavy atom. The summed E-state index contributed by atoms with van der Waals surface area (Å²) < 4.78 is 10.2. The lowest BCUT2D eigenvalue weighted by molar-refractivity contribution is -0.141. The summed E-state index contributed by atoms with van der Waals surface area (Å²) in [6, 6.07) is 6.07. The molecule has 0 atom stereocenters. The molecule has 0 spiro atoms. The molecule has 0 saturated heterocycles. The van der Waals surface area contributed by atoms with Crippen LogP contribution < -0.4 is 10.1 Å². The van der Waals surface area contributed by atoms with E-state index in [0.717, 1.165) is 30.8 Å². The summed E-state index contributed by atoms with van der Waals surface area (Å²) in [5.41, 5.74) is 2.33. The van der Waals surface area contributed by atoms with Crippen LogP contribution in [0.4, 0.5) is 0 Å². The standard InChI is InChI=1S/C15H23NO3/c1-4-8-16-11-13-10-12(2)5-6-14(13)19-9-7-15(17)18-3/h5-6,10,16H,4,7-9,11H2,1-3H3. The Morgan fingerprint density at radius 2 is 2.16 bits per heavy atom. The summed E-state index contributed by atoms with van der Waals surface area (Å²) in [6.07, 6.45) is 1.37. The topological polar surface area (TPSA) is 47.6 Å². The number of esters is 1. The molecule has 106 valence electrons. The quantitative estimate of drug-likeness (QED) is 0.579. The molecular weight excluding hydrogens is 242 g/mol. The predicted octanol–water partition coefficient (Wildman–Crippen LogP) is 2.44. The molecule has 0 bridgehead atoms. The van der Waals surface area contributed by atoms with Gasteiger partial charge in [-0.15, -0.1) is 0 Å². The third-order valence-electron chi connectivity index (χ3n) is 2.75. The lowest BCUT2D eigenvalue weighted by Gasteiger charge is -2.12. The summed E-state index contributed by atoms with van der Waals surface area (Å²) in [6.45, 7) is 6.30. The van der Waals surface area contributed by atoms with Gasteiger partial charge in [0.2, 0.25) is 0 Å². The third-order valence-corrected chi connectivity index (χ3v) is 2.75. The molecule has 1 aromatic rings. The number of carbonyl (C=O) groups is 1. The highest BCUT2D eigenvalue weighted by Crippen LogP contribution is 2.20. The third kappa shape index (κ3) is 5.75. The molecule has 1 N–H and O–H groups in total. The molecule has 0 amide bonds. The Morgan fingerprint density at radius 3 is 2.84 bits per heavy atom. The number of methoxy groups -OCH3 is 1. The summed E-state index contributed by atoms with van der Waals surface area (Å²) in [4.78, 5) is 11.0. The van der Waals surface area contributed by atoms with Gasteiger partial charge in [-0.25, -0.2) is 0 Å². The van der Waals surface area contributed by atoms with E-state index < -0.39 is 0 Å². The van der Waals surface area contributed by atoms with E-state index in [1.54, 1.807) is 0 Å². The van der Waals surface area contributed by atoms with Gasteiger partial charge in [0.1, 0.15) is 5.75 Å². The average molecular weight is 265 g/mol. The van der Waals surface area contributed by atoms with Gasteiger partial charge in [-0.05, 0) is 26.0 Å². The minimum atomic E-state index is -0.252. The van der Waals surface area contributed by atoms with Gasteiger partial charge in [0.25, 0.3) is 0 Å². The molecule has 1 rings (SSSR count). The molecule has 0 heterocycles. The summed E-state index contributed by atoms with van der Waals surface area (Å²) in [5, 5.41) is 3.36. The maximum Gasteiger partial charge on any atom is 0.308 e. The van der Waals surface area contributed by atoms with Crippen molar-refractivity contribution in [2.45, 2.75) is 33.2 Å². The Bertz CT molecular complexity index is 404. The number of ether oxygens (including phenoxy) is 2. The van der Waals surface area contributed by atoms with E-state index in [0.29, 0.717) is 6.61 Å². The van der Waals surface area contributed by atoms with E-state index in [-0.39, 0.29) is 12.4 Å². The van der Waals surface area contributed by atoms with Crippen molar-refractivity contribution in [3.05, 3.63) is 29.3 Å². The number of benzene rings is 1. The van der Waals surface area contributed by atoms with Crippen LogP contribution in [0.15, 0.2) is 18.2 Å². The van der Waals surface area contributed by atoms with Crippen LogP contribution in [-0.4, -0.2) is 26.2 Å². The lowest BCUT2D eigenvalue weighted by atomic mass is 10.1. The van der Waals surface area contributed by atoms with Crippen molar-refractivity contribution in [1.29, 1.82) is 0 Å². The maximum absolute atomic E-state index is 11.0. The first-order valence-electron chi connectivity index (χ1n) is 6.67. The Balaban J connectivity index is 2.57. The highest BCUT2D eigenvalue weighted by atomic mass is 16.5. The van der Waals surface area contributed by atoms with Crippen molar-refractivity contribution in [3.8, 4) is 5.75 Å². The second-order valence-electron chi connectivity index (χ2n) is 4.46. The first-order valence-corrected chi connectivity index (χ1v) is 6.67. The Labute approximate surface area is 115 Å². The van der Waals surface area contributed by atoms with Crippen LogP contribution in [0, 0.1) is 6.92 Å². The van der Waals surface area contributed by atoms with Crippen LogP contribution in [0.2, 0.25) is 0 Å². The van der Waals surface area contributed by atoms with Crippen molar-refractivity contribution >= 4 is 5.97 Å². The molecule has 4 heteroatoms. The van der Waals surface area contributed by atoms with Gasteiger partial charge in [0.15, 0.2) is 0 Å². The van der Waals surface area contributed by atoms with E-state index in [4.69, 9.17) is 4.74 Å². The second-order valence-corrected chi connectivity index (χ2v) is 4.46. The summed E-state index contributed by atoms with van der Waals surface area (Å²) in [7, 11) is 1.38. The monoisotopic (exact) mass is 265 g/mol. The Kier molecular flexibility index (Phi) is 6.97. The number of hydrogen-bond acceptors (Lipinski definition) is 4. The van der Waals surface area contributed by atoms with Crippen LogP contribution in [0.5, 0.6) is 5.75 Å². The fourth-order valence-electron chi connectivity index (χ4n) is 1.73. The number of rotatable bonds is 8. The van der Waals surface area contributed by atoms with E-state index in [1.165, 1.54) is 12.7 Å². The lowest BCUT2D eigenvalue weighted by Crippen LogP contribution is -2.15. The predicted molar refractivity (Wildman–Crippen MR) is 75.3 cm³/mol. The van der Waals surface area contributed by atoms with Gasteiger partial charge >= 0.3 is 5.97 Å². The molecule has 1 aromatic carbocycles. The number of aryl methyl sites for hydroxylation is 1. The molecule has 0 aromatic heterocycles. The van der Waals surface area contributed by atoms with Crippen LogP contribution in [-0.2, 0) is 16.1 Å². The van der Waals surface area contributed by atoms with Crippen LogP contribution in [0.3, 0.4) is 0 Å². The normalized spacial score (nSPS) is 10.3. The molecular formula is C15H23NO3. The highest BCUT2D eigenvalue weighted by Gasteiger charge is 2.06. The smallest absolute Gasteiger partial charge is 0.308 e. The molecule has 0 saturated carbocycles. The molecule has 4 nitrogen and oxygen atoms in total. The molecule has 0 radical (unpaired) electrons. The first-order chi connectivity index (χ1) is 9.17. The Hall–Kier alpha value is -1.55. The number of nitrogens with one attached hydrogen (secondary N) is 1. The first kappa shape index (κ1) is 15.5. The molecule has 0 unspecified atom stereocenters. The molecule has 19 heavy (non-hydrogen) atoms. The maximum atomic E-state index is 11.0. The fourth-order valence-corrected chi connectivity index (χ4v) is 1.73. The largest absolute Gasteiger partial charge is 0.493 e. The zero-order chi connectivity index (χ0) is 14.1. The second kappa shape index (κ2) is 8.53. The molecule has 0 aliphatic carbocycles. The van der Waals surface area contributed by atoms with Gasteiger partial charge in [0, 0.05) is 12.1 Å². The van der Waals surface area contributed by atoms with Gasteiger partial charge in [-0.1, -0.05) is 24.6 Å². The van der Waals surface area contributed by atoms with Gasteiger partial charge in [-0.3, -0.25) is 4.79 Å². The average Bonchev–Trinajstić information content (AvgIpc) is 2.41. The van der Waals surface area contributed by atoms with Gasteiger partial charge < -0.3 is 14.8 Å². The van der Waals surface area contributed by atoms with Crippen LogP contribution in [0.25, 0.3) is 0 Å². The van der Waals surface area contributed by atoms with E-state index in [9.17, 15) is 4.79 Å². The summed E-state index contributed by atoms with van der Waals surface area (Å²) in [5.74, 6) is 0.580. The molecule has 0 aliphatic rings. The van der Waals surface area contributed by atoms with Crippen molar-refractivity contribution in [2.24, 2.45) is 0 Å². The van der Waals surface area contributed by atoms with Crippen molar-refractivity contribution in [2.75, 3.05) is 20.3 Å². The molecule has 0 aliphatic heterocycles. The van der Waals surface area contributed by atoms with Crippen molar-refractivity contribution < 1.29 is 14.3 Å². The minimum Gasteiger partial charge on any atom is -0.493 e. The zero-order valence-corrected chi connectivity index (χ0v) is 12.0. The van der Waals surface area contributed by atoms with Gasteiger partial charge in [0.05, 0.1) is 20.1 Å². The van der Waals surface area contributed by atoms with E-state index in [2.05, 4.69) is 30.0 Å². The zero-order valence-electron chi connectivity index (χ0n) is 12.0. The SMILES string of the molecule is CCCNCc1cc(C)ccc1OCCC(=O)OC. The van der Waals surface area contributed by atoms with E-state index in [1.807, 2.05) is 12.1 Å². The van der Waals surface area contributed by atoms with Crippen molar-refractivity contribution in [3.63, 3.8) is 0 Å².